The van der Waals surface area contributed by atoms with Gasteiger partial charge in [0.15, 0.2) is 0 Å². The molecule has 11 heavy (non-hydrogen) atoms. The van der Waals surface area contributed by atoms with Crippen molar-refractivity contribution in [1.29, 1.82) is 0 Å². The molecule has 6 heteroatoms. The van der Waals surface area contributed by atoms with Crippen LogP contribution in [0.2, 0.25) is 0 Å². The lowest BCUT2D eigenvalue weighted by molar-refractivity contribution is 0.0920. The molecule has 0 aliphatic heterocycles. The highest BCUT2D eigenvalue weighted by Crippen LogP contribution is 2.12. The van der Waals surface area contributed by atoms with Gasteiger partial charge in [-0.3, -0.25) is 4.90 Å². The molecule has 0 amide bonds. The molecular formula is C5H13NO3S2. The van der Waals surface area contributed by atoms with Crippen molar-refractivity contribution in [1.82, 2.24) is 4.90 Å². The first-order valence-corrected chi connectivity index (χ1v) is 6.19. The van der Waals surface area contributed by atoms with E-state index in [9.17, 15) is 8.42 Å². The monoisotopic (exact) mass is 199 g/mol. The fourth-order valence-electron chi connectivity index (χ4n) is 0.296. The molecule has 0 unspecified atom stereocenters. The van der Waals surface area contributed by atoms with Gasteiger partial charge in [-0.05, 0) is 38.1 Å². The van der Waals surface area contributed by atoms with Crippen LogP contribution in [0.4, 0.5) is 0 Å². The summed E-state index contributed by atoms with van der Waals surface area (Å²) >= 11 is 0. The Hall–Kier alpha value is 0.220. The molecule has 68 valence electrons. The SMILES string of the molecule is CSS(=O)(=O)O[C@H](C)N(C)C. The first-order valence-electron chi connectivity index (χ1n) is 3.04. The highest BCUT2D eigenvalue weighted by atomic mass is 33.1. The summed E-state index contributed by atoms with van der Waals surface area (Å²) in [4.78, 5) is 1.67. The Kier molecular flexibility index (Phi) is 4.38. The summed E-state index contributed by atoms with van der Waals surface area (Å²) in [6.07, 6.45) is 1.06. The molecule has 0 aromatic rings. The van der Waals surface area contributed by atoms with Crippen LogP contribution in [-0.2, 0) is 13.3 Å². The second-order valence-electron chi connectivity index (χ2n) is 2.23. The van der Waals surface area contributed by atoms with E-state index in [1.54, 1.807) is 25.9 Å². The third kappa shape index (κ3) is 4.62. The number of hydrogen-bond acceptors (Lipinski definition) is 5. The molecule has 0 aromatic carbocycles. The molecule has 0 saturated heterocycles. The zero-order chi connectivity index (χ0) is 9.07. The van der Waals surface area contributed by atoms with Gasteiger partial charge in [-0.25, -0.2) is 4.18 Å². The topological polar surface area (TPSA) is 46.6 Å². The molecule has 0 spiro atoms. The first-order chi connectivity index (χ1) is 4.89. The quantitative estimate of drug-likeness (QED) is 0.488. The molecule has 0 rings (SSSR count). The maximum Gasteiger partial charge on any atom is 0.323 e. The van der Waals surface area contributed by atoms with Crippen LogP contribution in [0.3, 0.4) is 0 Å². The molecule has 0 saturated carbocycles. The predicted octanol–water partition coefficient (Wildman–Crippen LogP) is 0.518. The molecule has 0 fully saturated rings. The molecular weight excluding hydrogens is 186 g/mol. The molecule has 0 heterocycles. The van der Waals surface area contributed by atoms with Crippen LogP contribution < -0.4 is 0 Å². The minimum Gasteiger partial charge on any atom is -0.284 e. The Balaban J connectivity index is 4.05. The number of nitrogens with zero attached hydrogens (tertiary/aromatic N) is 1. The summed E-state index contributed by atoms with van der Waals surface area (Å²) in [6, 6.07) is 0. The average Bonchev–Trinajstić information content (AvgIpc) is 1.87. The minimum absolute atomic E-state index is 0.410. The van der Waals surface area contributed by atoms with E-state index in [2.05, 4.69) is 0 Å². The van der Waals surface area contributed by atoms with Crippen molar-refractivity contribution in [2.75, 3.05) is 20.4 Å². The zero-order valence-corrected chi connectivity index (χ0v) is 8.70. The van der Waals surface area contributed by atoms with Crippen molar-refractivity contribution in [3.05, 3.63) is 0 Å². The second kappa shape index (κ2) is 4.30. The first kappa shape index (κ1) is 11.2. The van der Waals surface area contributed by atoms with Crippen LogP contribution in [-0.4, -0.2) is 39.9 Å². The van der Waals surface area contributed by atoms with Gasteiger partial charge >= 0.3 is 9.15 Å². The summed E-state index contributed by atoms with van der Waals surface area (Å²) in [5, 5.41) is 0. The fourth-order valence-corrected chi connectivity index (χ4v) is 1.46. The summed E-state index contributed by atoms with van der Waals surface area (Å²) in [7, 11) is 0.808. The highest BCUT2D eigenvalue weighted by Gasteiger charge is 2.15. The summed E-state index contributed by atoms with van der Waals surface area (Å²) < 4.78 is 26.4. The lowest BCUT2D eigenvalue weighted by Crippen LogP contribution is -2.28. The Morgan fingerprint density at radius 3 is 2.18 bits per heavy atom. The summed E-state index contributed by atoms with van der Waals surface area (Å²) in [6.45, 7) is 1.67. The van der Waals surface area contributed by atoms with Crippen LogP contribution in [0, 0.1) is 0 Å². The van der Waals surface area contributed by atoms with Crippen LogP contribution in [0.25, 0.3) is 0 Å². The van der Waals surface area contributed by atoms with E-state index in [1.165, 1.54) is 6.26 Å². The summed E-state index contributed by atoms with van der Waals surface area (Å²) in [5.74, 6) is 0. The van der Waals surface area contributed by atoms with Crippen molar-refractivity contribution in [3.8, 4) is 0 Å². The Bertz CT molecular complexity index is 200. The van der Waals surface area contributed by atoms with E-state index in [0.29, 0.717) is 10.8 Å². The van der Waals surface area contributed by atoms with E-state index >= 15 is 0 Å². The normalized spacial score (nSPS) is 15.4. The van der Waals surface area contributed by atoms with Gasteiger partial charge in [-0.1, -0.05) is 0 Å². The summed E-state index contributed by atoms with van der Waals surface area (Å²) in [5.41, 5.74) is 0. The standard InChI is InChI=1S/C5H13NO3S2/c1-5(6(2)3)9-11(7,8)10-4/h5H,1-4H3/t5-/m1/s1. The van der Waals surface area contributed by atoms with Gasteiger partial charge < -0.3 is 0 Å². The van der Waals surface area contributed by atoms with Crippen LogP contribution in [0.15, 0.2) is 0 Å². The van der Waals surface area contributed by atoms with E-state index < -0.39 is 15.4 Å². The second-order valence-corrected chi connectivity index (χ2v) is 5.80. The van der Waals surface area contributed by atoms with Gasteiger partial charge in [0.05, 0.1) is 0 Å². The largest absolute Gasteiger partial charge is 0.323 e. The maximum absolute atomic E-state index is 10.8. The van der Waals surface area contributed by atoms with Gasteiger partial charge in [0.25, 0.3) is 0 Å². The lowest BCUT2D eigenvalue weighted by atomic mass is 10.6. The van der Waals surface area contributed by atoms with Crippen molar-refractivity contribution in [2.45, 2.75) is 13.2 Å². The van der Waals surface area contributed by atoms with E-state index in [4.69, 9.17) is 4.18 Å². The van der Waals surface area contributed by atoms with Gasteiger partial charge in [0.1, 0.15) is 6.23 Å². The average molecular weight is 199 g/mol. The molecule has 0 aromatic heterocycles. The molecule has 0 radical (unpaired) electrons. The third-order valence-corrected chi connectivity index (χ3v) is 3.57. The molecule has 0 bridgehead atoms. The molecule has 4 nitrogen and oxygen atoms in total. The number of hydrogen-bond donors (Lipinski definition) is 0. The highest BCUT2D eigenvalue weighted by molar-refractivity contribution is 8.70. The van der Waals surface area contributed by atoms with Gasteiger partial charge in [0, 0.05) is 0 Å². The third-order valence-electron chi connectivity index (χ3n) is 1.19. The lowest BCUT2D eigenvalue weighted by Gasteiger charge is -2.18. The van der Waals surface area contributed by atoms with Crippen LogP contribution >= 0.6 is 10.8 Å². The van der Waals surface area contributed by atoms with Gasteiger partial charge in [-0.2, -0.15) is 8.42 Å². The fraction of sp³-hybridized carbons (Fsp3) is 1.00. The molecule has 0 N–H and O–H groups in total. The van der Waals surface area contributed by atoms with Crippen molar-refractivity contribution in [2.24, 2.45) is 0 Å². The Labute approximate surface area is 71.4 Å². The van der Waals surface area contributed by atoms with Crippen molar-refractivity contribution < 1.29 is 12.6 Å². The van der Waals surface area contributed by atoms with Crippen LogP contribution in [0.1, 0.15) is 6.92 Å². The molecule has 0 aliphatic rings. The maximum atomic E-state index is 10.8. The van der Waals surface area contributed by atoms with Crippen molar-refractivity contribution in [3.63, 3.8) is 0 Å². The van der Waals surface area contributed by atoms with Crippen molar-refractivity contribution >= 4 is 19.9 Å². The molecule has 1 atom stereocenters. The minimum atomic E-state index is -3.39. The van der Waals surface area contributed by atoms with Crippen LogP contribution in [0.5, 0.6) is 0 Å². The van der Waals surface area contributed by atoms with E-state index in [-0.39, 0.29) is 0 Å². The zero-order valence-electron chi connectivity index (χ0n) is 7.07. The van der Waals surface area contributed by atoms with Gasteiger partial charge in [0.2, 0.25) is 0 Å². The Morgan fingerprint density at radius 2 is 1.91 bits per heavy atom. The van der Waals surface area contributed by atoms with E-state index in [0.717, 1.165) is 0 Å². The smallest absolute Gasteiger partial charge is 0.284 e. The Morgan fingerprint density at radius 1 is 1.45 bits per heavy atom. The predicted molar refractivity (Wildman–Crippen MR) is 46.7 cm³/mol. The van der Waals surface area contributed by atoms with E-state index in [1.807, 2.05) is 0 Å². The van der Waals surface area contributed by atoms with Gasteiger partial charge in [-0.15, -0.1) is 0 Å². The number of rotatable bonds is 4. The molecule has 0 aliphatic carbocycles.